The summed E-state index contributed by atoms with van der Waals surface area (Å²) in [6.45, 7) is 2.60. The molecule has 1 aromatic carbocycles. The topological polar surface area (TPSA) is 92.8 Å². The van der Waals surface area contributed by atoms with Crippen LogP contribution in [0.25, 0.3) is 0 Å². The summed E-state index contributed by atoms with van der Waals surface area (Å²) >= 11 is 0. The Balaban J connectivity index is 1.92. The zero-order valence-corrected chi connectivity index (χ0v) is 12.3. The largest absolute Gasteiger partial charge is 0.454 e. The molecule has 1 heterocycles. The summed E-state index contributed by atoms with van der Waals surface area (Å²) in [5.74, 6) is -2.33. The lowest BCUT2D eigenvalue weighted by atomic mass is 10.1. The number of fused-ring (bicyclic) bond motifs is 1. The summed E-state index contributed by atoms with van der Waals surface area (Å²) in [6, 6.07) is 6.26. The van der Waals surface area contributed by atoms with Crippen LogP contribution in [-0.2, 0) is 14.3 Å². The SMILES string of the molecule is CC(C)NC(=O)COC(=O)CN1C(=O)c2ccccc2C1=O. The molecule has 0 unspecified atom stereocenters. The van der Waals surface area contributed by atoms with Gasteiger partial charge in [0.05, 0.1) is 11.1 Å². The highest BCUT2D eigenvalue weighted by Crippen LogP contribution is 2.21. The second kappa shape index (κ2) is 6.38. The molecule has 2 rings (SSSR count). The number of amides is 3. The van der Waals surface area contributed by atoms with Crippen molar-refractivity contribution in [2.45, 2.75) is 19.9 Å². The monoisotopic (exact) mass is 304 g/mol. The zero-order valence-electron chi connectivity index (χ0n) is 12.3. The number of carbonyl (C=O) groups is 4. The summed E-state index contributed by atoms with van der Waals surface area (Å²) < 4.78 is 4.77. The second-order valence-electron chi connectivity index (χ2n) is 5.12. The van der Waals surface area contributed by atoms with Gasteiger partial charge in [-0.3, -0.25) is 24.1 Å². The molecule has 0 fully saturated rings. The van der Waals surface area contributed by atoms with Crippen LogP contribution < -0.4 is 5.32 Å². The Morgan fingerprint density at radius 1 is 1.14 bits per heavy atom. The fourth-order valence-corrected chi connectivity index (χ4v) is 2.07. The van der Waals surface area contributed by atoms with E-state index in [1.807, 2.05) is 0 Å². The van der Waals surface area contributed by atoms with Crippen LogP contribution in [0.3, 0.4) is 0 Å². The van der Waals surface area contributed by atoms with Crippen molar-refractivity contribution >= 4 is 23.7 Å². The number of nitrogens with one attached hydrogen (secondary N) is 1. The highest BCUT2D eigenvalue weighted by molar-refractivity contribution is 6.22. The van der Waals surface area contributed by atoms with Crippen molar-refractivity contribution in [1.82, 2.24) is 10.2 Å². The van der Waals surface area contributed by atoms with Crippen molar-refractivity contribution in [3.8, 4) is 0 Å². The molecule has 1 aliphatic heterocycles. The molecule has 0 saturated heterocycles. The maximum absolute atomic E-state index is 12.0. The number of imide groups is 1. The molecule has 1 aromatic rings. The minimum Gasteiger partial charge on any atom is -0.454 e. The molecule has 116 valence electrons. The Kier molecular flexibility index (Phi) is 4.55. The van der Waals surface area contributed by atoms with Gasteiger partial charge in [0.2, 0.25) is 0 Å². The number of hydrogen-bond donors (Lipinski definition) is 1. The van der Waals surface area contributed by atoms with Crippen LogP contribution in [-0.4, -0.2) is 47.8 Å². The van der Waals surface area contributed by atoms with E-state index in [0.29, 0.717) is 0 Å². The van der Waals surface area contributed by atoms with Gasteiger partial charge in [-0.2, -0.15) is 0 Å². The third-order valence-corrected chi connectivity index (χ3v) is 2.98. The Labute approximate surface area is 127 Å². The molecule has 3 amide bonds. The van der Waals surface area contributed by atoms with Crippen molar-refractivity contribution in [2.75, 3.05) is 13.2 Å². The Bertz CT molecular complexity index is 604. The quantitative estimate of drug-likeness (QED) is 0.626. The van der Waals surface area contributed by atoms with Crippen molar-refractivity contribution < 1.29 is 23.9 Å². The fourth-order valence-electron chi connectivity index (χ4n) is 2.07. The third-order valence-electron chi connectivity index (χ3n) is 2.98. The number of hydrogen-bond acceptors (Lipinski definition) is 5. The van der Waals surface area contributed by atoms with Crippen LogP contribution >= 0.6 is 0 Å². The number of carbonyl (C=O) groups excluding carboxylic acids is 4. The first-order valence-corrected chi connectivity index (χ1v) is 6.80. The second-order valence-corrected chi connectivity index (χ2v) is 5.12. The van der Waals surface area contributed by atoms with E-state index >= 15 is 0 Å². The Morgan fingerprint density at radius 2 is 1.68 bits per heavy atom. The minimum atomic E-state index is -0.812. The molecule has 0 saturated carbocycles. The summed E-state index contributed by atoms with van der Waals surface area (Å²) in [4.78, 5) is 48.0. The van der Waals surface area contributed by atoms with Gasteiger partial charge in [-0.05, 0) is 26.0 Å². The van der Waals surface area contributed by atoms with E-state index in [4.69, 9.17) is 4.74 Å². The zero-order chi connectivity index (χ0) is 16.3. The van der Waals surface area contributed by atoms with E-state index in [1.54, 1.807) is 26.0 Å². The first-order valence-electron chi connectivity index (χ1n) is 6.80. The van der Waals surface area contributed by atoms with Gasteiger partial charge in [0.25, 0.3) is 17.7 Å². The predicted octanol–water partition coefficient (Wildman–Crippen LogP) is 0.350. The van der Waals surface area contributed by atoms with E-state index in [2.05, 4.69) is 5.32 Å². The van der Waals surface area contributed by atoms with Crippen LogP contribution in [0, 0.1) is 0 Å². The number of esters is 1. The molecule has 0 aliphatic carbocycles. The van der Waals surface area contributed by atoms with Gasteiger partial charge in [0.1, 0.15) is 6.54 Å². The third kappa shape index (κ3) is 3.30. The van der Waals surface area contributed by atoms with Crippen LogP contribution in [0.4, 0.5) is 0 Å². The van der Waals surface area contributed by atoms with Crippen LogP contribution in [0.1, 0.15) is 34.6 Å². The number of ether oxygens (including phenoxy) is 1. The van der Waals surface area contributed by atoms with Crippen molar-refractivity contribution in [1.29, 1.82) is 0 Å². The summed E-state index contributed by atoms with van der Waals surface area (Å²) in [5, 5.41) is 2.56. The van der Waals surface area contributed by atoms with E-state index in [0.717, 1.165) is 4.90 Å². The maximum Gasteiger partial charge on any atom is 0.326 e. The maximum atomic E-state index is 12.0. The van der Waals surface area contributed by atoms with Gasteiger partial charge >= 0.3 is 5.97 Å². The Hall–Kier alpha value is -2.70. The normalized spacial score (nSPS) is 13.3. The summed E-state index contributed by atoms with van der Waals surface area (Å²) in [5.41, 5.74) is 0.524. The van der Waals surface area contributed by atoms with Gasteiger partial charge in [-0.1, -0.05) is 12.1 Å². The molecular weight excluding hydrogens is 288 g/mol. The molecule has 0 radical (unpaired) electrons. The standard InChI is InChI=1S/C15H16N2O5/c1-9(2)16-12(18)8-22-13(19)7-17-14(20)10-5-3-4-6-11(10)15(17)21/h3-6,9H,7-8H2,1-2H3,(H,16,18). The molecule has 7 heteroatoms. The first kappa shape index (κ1) is 15.7. The average molecular weight is 304 g/mol. The van der Waals surface area contributed by atoms with Crippen molar-refractivity contribution in [3.63, 3.8) is 0 Å². The van der Waals surface area contributed by atoms with E-state index in [1.165, 1.54) is 12.1 Å². The first-order chi connectivity index (χ1) is 10.4. The lowest BCUT2D eigenvalue weighted by Crippen LogP contribution is -2.38. The fraction of sp³-hybridized carbons (Fsp3) is 0.333. The molecule has 7 nitrogen and oxygen atoms in total. The van der Waals surface area contributed by atoms with Crippen molar-refractivity contribution in [2.24, 2.45) is 0 Å². The van der Waals surface area contributed by atoms with Gasteiger partial charge in [0, 0.05) is 6.04 Å². The molecule has 1 aliphatic rings. The molecule has 0 aromatic heterocycles. The molecule has 0 spiro atoms. The van der Waals surface area contributed by atoms with Crippen LogP contribution in [0.2, 0.25) is 0 Å². The van der Waals surface area contributed by atoms with E-state index in [-0.39, 0.29) is 17.2 Å². The summed E-state index contributed by atoms with van der Waals surface area (Å²) in [6.07, 6.45) is 0. The molecular formula is C15H16N2O5. The Morgan fingerprint density at radius 3 is 2.18 bits per heavy atom. The molecule has 0 atom stereocenters. The molecule has 22 heavy (non-hydrogen) atoms. The van der Waals surface area contributed by atoms with E-state index < -0.39 is 36.8 Å². The summed E-state index contributed by atoms with van der Waals surface area (Å²) in [7, 11) is 0. The van der Waals surface area contributed by atoms with Gasteiger partial charge in [0.15, 0.2) is 6.61 Å². The number of nitrogens with zero attached hydrogens (tertiary/aromatic N) is 1. The lowest BCUT2D eigenvalue weighted by Gasteiger charge is -2.13. The molecule has 1 N–H and O–H groups in total. The van der Waals surface area contributed by atoms with Gasteiger partial charge in [-0.25, -0.2) is 0 Å². The minimum absolute atomic E-state index is 0.0672. The lowest BCUT2D eigenvalue weighted by molar-refractivity contribution is -0.148. The smallest absolute Gasteiger partial charge is 0.326 e. The number of benzene rings is 1. The van der Waals surface area contributed by atoms with Gasteiger partial charge in [-0.15, -0.1) is 0 Å². The average Bonchev–Trinajstić information content (AvgIpc) is 2.70. The van der Waals surface area contributed by atoms with Crippen LogP contribution in [0.15, 0.2) is 24.3 Å². The van der Waals surface area contributed by atoms with E-state index in [9.17, 15) is 19.2 Å². The molecule has 0 bridgehead atoms. The predicted molar refractivity (Wildman–Crippen MR) is 76.0 cm³/mol. The van der Waals surface area contributed by atoms with Gasteiger partial charge < -0.3 is 10.1 Å². The highest BCUT2D eigenvalue weighted by atomic mass is 16.5. The highest BCUT2D eigenvalue weighted by Gasteiger charge is 2.36. The number of rotatable bonds is 5. The van der Waals surface area contributed by atoms with Crippen LogP contribution in [0.5, 0.6) is 0 Å². The van der Waals surface area contributed by atoms with Crippen molar-refractivity contribution in [3.05, 3.63) is 35.4 Å².